The number of pyridine rings is 1. The molecule has 0 atom stereocenters. The SMILES string of the molecule is Cc1cc(Nc2ccccn2)nc(C2CCN(C(=O)CNc3ccccc3Cl)CC2)n1. The summed E-state index contributed by atoms with van der Waals surface area (Å²) in [4.78, 5) is 28.2. The van der Waals surface area contributed by atoms with Gasteiger partial charge in [-0.05, 0) is 44.0 Å². The Kier molecular flexibility index (Phi) is 6.62. The van der Waals surface area contributed by atoms with Crippen molar-refractivity contribution in [2.24, 2.45) is 0 Å². The molecule has 3 aromatic rings. The van der Waals surface area contributed by atoms with Crippen molar-refractivity contribution in [1.29, 1.82) is 0 Å². The van der Waals surface area contributed by atoms with Crippen molar-refractivity contribution in [3.8, 4) is 0 Å². The topological polar surface area (TPSA) is 83.0 Å². The molecule has 0 radical (unpaired) electrons. The molecule has 0 saturated carbocycles. The lowest BCUT2D eigenvalue weighted by Gasteiger charge is -2.31. The van der Waals surface area contributed by atoms with Crippen molar-refractivity contribution in [2.75, 3.05) is 30.3 Å². The van der Waals surface area contributed by atoms with E-state index >= 15 is 0 Å². The van der Waals surface area contributed by atoms with Crippen LogP contribution in [0.3, 0.4) is 0 Å². The van der Waals surface area contributed by atoms with E-state index in [9.17, 15) is 4.79 Å². The average Bonchev–Trinajstić information content (AvgIpc) is 2.79. The van der Waals surface area contributed by atoms with E-state index in [-0.39, 0.29) is 18.4 Å². The summed E-state index contributed by atoms with van der Waals surface area (Å²) in [7, 11) is 0. The second-order valence-electron chi connectivity index (χ2n) is 7.58. The van der Waals surface area contributed by atoms with Crippen LogP contribution in [0.4, 0.5) is 17.3 Å². The van der Waals surface area contributed by atoms with Crippen LogP contribution in [0.15, 0.2) is 54.7 Å². The predicted molar refractivity (Wildman–Crippen MR) is 123 cm³/mol. The van der Waals surface area contributed by atoms with E-state index in [0.29, 0.717) is 18.1 Å². The first kappa shape index (κ1) is 21.1. The number of rotatable bonds is 6. The Bertz CT molecular complexity index is 1040. The molecular formula is C23H25ClN6O. The summed E-state index contributed by atoms with van der Waals surface area (Å²) in [6, 6.07) is 15.0. The highest BCUT2D eigenvalue weighted by Gasteiger charge is 2.26. The van der Waals surface area contributed by atoms with Crippen LogP contribution in [-0.4, -0.2) is 45.4 Å². The van der Waals surface area contributed by atoms with Crippen LogP contribution in [0.5, 0.6) is 0 Å². The van der Waals surface area contributed by atoms with E-state index in [1.165, 1.54) is 0 Å². The van der Waals surface area contributed by atoms with Crippen molar-refractivity contribution < 1.29 is 4.79 Å². The van der Waals surface area contributed by atoms with Crippen LogP contribution in [-0.2, 0) is 4.79 Å². The number of carbonyl (C=O) groups is 1. The van der Waals surface area contributed by atoms with Gasteiger partial charge in [-0.15, -0.1) is 0 Å². The quantitative estimate of drug-likeness (QED) is 0.596. The smallest absolute Gasteiger partial charge is 0.241 e. The molecule has 1 aromatic carbocycles. The molecule has 1 saturated heterocycles. The number of piperidine rings is 1. The molecule has 31 heavy (non-hydrogen) atoms. The molecule has 160 valence electrons. The lowest BCUT2D eigenvalue weighted by molar-refractivity contribution is -0.130. The Hall–Kier alpha value is -3.19. The minimum absolute atomic E-state index is 0.0704. The van der Waals surface area contributed by atoms with E-state index in [2.05, 4.69) is 20.6 Å². The highest BCUT2D eigenvalue weighted by atomic mass is 35.5. The van der Waals surface area contributed by atoms with Gasteiger partial charge in [0.2, 0.25) is 5.91 Å². The summed E-state index contributed by atoms with van der Waals surface area (Å²) in [5.74, 6) is 2.60. The summed E-state index contributed by atoms with van der Waals surface area (Å²) in [5.41, 5.74) is 1.68. The molecule has 2 N–H and O–H groups in total. The Morgan fingerprint density at radius 2 is 1.87 bits per heavy atom. The number of nitrogens with zero attached hydrogens (tertiary/aromatic N) is 4. The molecular weight excluding hydrogens is 412 g/mol. The van der Waals surface area contributed by atoms with Gasteiger partial charge >= 0.3 is 0 Å². The molecule has 8 heteroatoms. The number of aryl methyl sites for hydroxylation is 1. The number of para-hydroxylation sites is 1. The van der Waals surface area contributed by atoms with Crippen LogP contribution in [0.2, 0.25) is 5.02 Å². The minimum atomic E-state index is 0.0704. The van der Waals surface area contributed by atoms with Crippen molar-refractivity contribution in [3.63, 3.8) is 0 Å². The fourth-order valence-electron chi connectivity index (χ4n) is 3.68. The Labute approximate surface area is 186 Å². The second kappa shape index (κ2) is 9.75. The number of hydrogen-bond acceptors (Lipinski definition) is 6. The van der Waals surface area contributed by atoms with E-state index in [0.717, 1.165) is 41.7 Å². The molecule has 1 aliphatic heterocycles. The number of hydrogen-bond donors (Lipinski definition) is 2. The zero-order valence-corrected chi connectivity index (χ0v) is 18.1. The Balaban J connectivity index is 1.34. The molecule has 2 aromatic heterocycles. The molecule has 0 unspecified atom stereocenters. The van der Waals surface area contributed by atoms with Gasteiger partial charge in [-0.25, -0.2) is 15.0 Å². The molecule has 0 aliphatic carbocycles. The van der Waals surface area contributed by atoms with Crippen LogP contribution in [0.1, 0.15) is 30.3 Å². The maximum Gasteiger partial charge on any atom is 0.241 e. The molecule has 1 aliphatic rings. The molecule has 0 spiro atoms. The number of likely N-dealkylation sites (tertiary alicyclic amines) is 1. The molecule has 4 rings (SSSR count). The van der Waals surface area contributed by atoms with Gasteiger partial charge in [-0.2, -0.15) is 0 Å². The van der Waals surface area contributed by atoms with Gasteiger partial charge in [0, 0.05) is 37.0 Å². The maximum atomic E-state index is 12.6. The summed E-state index contributed by atoms with van der Waals surface area (Å²) in [6.07, 6.45) is 3.42. The van der Waals surface area contributed by atoms with Crippen LogP contribution in [0, 0.1) is 6.92 Å². The summed E-state index contributed by atoms with van der Waals surface area (Å²) < 4.78 is 0. The van der Waals surface area contributed by atoms with E-state index < -0.39 is 0 Å². The number of anilines is 3. The number of halogens is 1. The summed E-state index contributed by atoms with van der Waals surface area (Å²) >= 11 is 6.15. The number of amides is 1. The average molecular weight is 437 g/mol. The molecule has 1 fully saturated rings. The van der Waals surface area contributed by atoms with Gasteiger partial charge < -0.3 is 15.5 Å². The lowest BCUT2D eigenvalue weighted by Crippen LogP contribution is -2.41. The number of carbonyl (C=O) groups excluding carboxylic acids is 1. The highest BCUT2D eigenvalue weighted by molar-refractivity contribution is 6.33. The Morgan fingerprint density at radius 1 is 1.10 bits per heavy atom. The Morgan fingerprint density at radius 3 is 2.61 bits per heavy atom. The van der Waals surface area contributed by atoms with Crippen molar-refractivity contribution >= 4 is 34.8 Å². The third-order valence-electron chi connectivity index (χ3n) is 5.31. The van der Waals surface area contributed by atoms with Gasteiger partial charge in [0.25, 0.3) is 0 Å². The zero-order valence-electron chi connectivity index (χ0n) is 17.4. The molecule has 0 bridgehead atoms. The summed E-state index contributed by atoms with van der Waals surface area (Å²) in [6.45, 7) is 3.57. The van der Waals surface area contributed by atoms with Crippen LogP contribution >= 0.6 is 11.6 Å². The normalized spacial score (nSPS) is 14.3. The van der Waals surface area contributed by atoms with Crippen molar-refractivity contribution in [1.82, 2.24) is 19.9 Å². The van der Waals surface area contributed by atoms with Gasteiger partial charge in [0.1, 0.15) is 17.5 Å². The summed E-state index contributed by atoms with van der Waals surface area (Å²) in [5, 5.41) is 6.98. The standard InChI is InChI=1S/C23H25ClN6O/c1-16-14-21(28-20-8-4-5-11-25-20)29-23(27-16)17-9-12-30(13-10-17)22(31)15-26-19-7-3-2-6-18(19)24/h2-8,11,14,17,26H,9-10,12-13,15H2,1H3,(H,25,27,28,29). The van der Waals surface area contributed by atoms with E-state index in [4.69, 9.17) is 16.6 Å². The van der Waals surface area contributed by atoms with Crippen LogP contribution < -0.4 is 10.6 Å². The molecule has 3 heterocycles. The molecule has 7 nitrogen and oxygen atoms in total. The number of nitrogens with one attached hydrogen (secondary N) is 2. The number of benzene rings is 1. The maximum absolute atomic E-state index is 12.6. The van der Waals surface area contributed by atoms with Crippen LogP contribution in [0.25, 0.3) is 0 Å². The first-order valence-corrected chi connectivity index (χ1v) is 10.8. The monoisotopic (exact) mass is 436 g/mol. The van der Waals surface area contributed by atoms with Crippen molar-refractivity contribution in [2.45, 2.75) is 25.7 Å². The third kappa shape index (κ3) is 5.49. The predicted octanol–water partition coefficient (Wildman–Crippen LogP) is 4.40. The fourth-order valence-corrected chi connectivity index (χ4v) is 3.88. The van der Waals surface area contributed by atoms with Gasteiger partial charge in [-0.1, -0.05) is 29.8 Å². The van der Waals surface area contributed by atoms with E-state index in [1.54, 1.807) is 12.3 Å². The highest BCUT2D eigenvalue weighted by Crippen LogP contribution is 2.27. The van der Waals surface area contributed by atoms with Crippen molar-refractivity contribution in [3.05, 3.63) is 71.3 Å². The molecule has 1 amide bonds. The van der Waals surface area contributed by atoms with Gasteiger partial charge in [-0.3, -0.25) is 4.79 Å². The second-order valence-corrected chi connectivity index (χ2v) is 7.99. The first-order valence-electron chi connectivity index (χ1n) is 10.4. The lowest BCUT2D eigenvalue weighted by atomic mass is 9.95. The van der Waals surface area contributed by atoms with E-state index in [1.807, 2.05) is 54.3 Å². The number of aromatic nitrogens is 3. The minimum Gasteiger partial charge on any atom is -0.375 e. The zero-order chi connectivity index (χ0) is 21.6. The van der Waals surface area contributed by atoms with Gasteiger partial charge in [0.05, 0.1) is 17.3 Å². The first-order chi connectivity index (χ1) is 15.1. The third-order valence-corrected chi connectivity index (χ3v) is 5.64. The van der Waals surface area contributed by atoms with Gasteiger partial charge in [0.15, 0.2) is 0 Å². The largest absolute Gasteiger partial charge is 0.375 e. The fraction of sp³-hybridized carbons (Fsp3) is 0.304.